The van der Waals surface area contributed by atoms with Gasteiger partial charge in [-0.25, -0.2) is 9.97 Å². The van der Waals surface area contributed by atoms with Crippen molar-refractivity contribution in [3.8, 4) is 0 Å². The minimum Gasteiger partial charge on any atom is -0.369 e. The number of primary amides is 1. The Morgan fingerprint density at radius 2 is 1.96 bits per heavy atom. The predicted molar refractivity (Wildman–Crippen MR) is 97.6 cm³/mol. The van der Waals surface area contributed by atoms with Crippen LogP contribution in [0.1, 0.15) is 30.9 Å². The number of benzene rings is 1. The summed E-state index contributed by atoms with van der Waals surface area (Å²) in [5.41, 5.74) is 7.36. The van der Waals surface area contributed by atoms with Gasteiger partial charge in [-0.1, -0.05) is 30.3 Å². The van der Waals surface area contributed by atoms with E-state index in [0.717, 1.165) is 31.5 Å². The maximum atomic E-state index is 11.7. The number of rotatable bonds is 6. The number of nitrogens with zero attached hydrogens (tertiary/aromatic N) is 3. The van der Waals surface area contributed by atoms with E-state index in [-0.39, 0.29) is 5.91 Å². The molecule has 25 heavy (non-hydrogen) atoms. The van der Waals surface area contributed by atoms with Crippen molar-refractivity contribution in [2.75, 3.05) is 18.4 Å². The van der Waals surface area contributed by atoms with Crippen molar-refractivity contribution in [3.05, 3.63) is 53.9 Å². The zero-order valence-corrected chi connectivity index (χ0v) is 14.6. The molecule has 132 valence electrons. The lowest BCUT2D eigenvalue weighted by Crippen LogP contribution is -2.48. The molecule has 2 heterocycles. The molecule has 0 bridgehead atoms. The maximum absolute atomic E-state index is 11.7. The van der Waals surface area contributed by atoms with Crippen LogP contribution in [-0.2, 0) is 17.9 Å². The lowest BCUT2D eigenvalue weighted by atomic mass is 9.81. The van der Waals surface area contributed by atoms with E-state index in [1.807, 2.05) is 37.5 Å². The number of anilines is 1. The van der Waals surface area contributed by atoms with Crippen LogP contribution in [-0.4, -0.2) is 33.9 Å². The molecule has 0 saturated carbocycles. The van der Waals surface area contributed by atoms with Gasteiger partial charge in [0.1, 0.15) is 0 Å². The number of nitrogens with two attached hydrogens (primary N) is 1. The highest BCUT2D eigenvalue weighted by Crippen LogP contribution is 2.29. The minimum atomic E-state index is -0.434. The summed E-state index contributed by atoms with van der Waals surface area (Å²) in [6.07, 6.45) is 5.53. The van der Waals surface area contributed by atoms with E-state index in [1.54, 1.807) is 0 Å². The fraction of sp³-hybridized carbons (Fsp3) is 0.421. The molecule has 1 atom stereocenters. The largest absolute Gasteiger partial charge is 0.369 e. The minimum absolute atomic E-state index is 0.214. The summed E-state index contributed by atoms with van der Waals surface area (Å²) >= 11 is 0. The van der Waals surface area contributed by atoms with Gasteiger partial charge in [0.2, 0.25) is 11.9 Å². The highest BCUT2D eigenvalue weighted by atomic mass is 16.1. The smallest absolute Gasteiger partial charge is 0.224 e. The van der Waals surface area contributed by atoms with E-state index in [4.69, 9.17) is 5.73 Å². The van der Waals surface area contributed by atoms with E-state index >= 15 is 0 Å². The van der Waals surface area contributed by atoms with Gasteiger partial charge < -0.3 is 11.1 Å². The van der Waals surface area contributed by atoms with Crippen LogP contribution < -0.4 is 11.1 Å². The number of likely N-dealkylation sites (tertiary alicyclic amines) is 1. The number of nitrogens with one attached hydrogen (secondary N) is 1. The van der Waals surface area contributed by atoms with Gasteiger partial charge in [0.15, 0.2) is 0 Å². The van der Waals surface area contributed by atoms with Crippen molar-refractivity contribution in [1.82, 2.24) is 14.9 Å². The second kappa shape index (κ2) is 7.61. The molecule has 1 aliphatic heterocycles. The lowest BCUT2D eigenvalue weighted by molar-refractivity contribution is -0.129. The molecule has 1 saturated heterocycles. The molecular weight excluding hydrogens is 314 g/mol. The van der Waals surface area contributed by atoms with Crippen molar-refractivity contribution >= 4 is 11.9 Å². The third kappa shape index (κ3) is 4.54. The molecule has 1 amide bonds. The Bertz CT molecular complexity index is 704. The second-order valence-corrected chi connectivity index (χ2v) is 6.99. The fourth-order valence-corrected chi connectivity index (χ4v) is 3.24. The molecule has 6 nitrogen and oxygen atoms in total. The molecule has 3 N–H and O–H groups in total. The number of piperidine rings is 1. The number of carbonyl (C=O) groups excluding carboxylic acids is 1. The Hall–Kier alpha value is -2.47. The third-order valence-electron chi connectivity index (χ3n) is 4.78. The average Bonchev–Trinajstić information content (AvgIpc) is 2.62. The summed E-state index contributed by atoms with van der Waals surface area (Å²) in [7, 11) is 0. The number of amides is 1. The first-order valence-corrected chi connectivity index (χ1v) is 8.66. The normalized spacial score (nSPS) is 21.0. The standard InChI is InChI=1S/C19H25N5O/c1-19(17(20)25)8-5-9-24(14-19)13-16-11-22-18(23-12-16)21-10-15-6-3-2-4-7-15/h2-4,6-7,11-12H,5,8-10,13-14H2,1H3,(H2,20,25)(H,21,22,23). The molecule has 1 unspecified atom stereocenters. The Morgan fingerprint density at radius 1 is 1.24 bits per heavy atom. The topological polar surface area (TPSA) is 84.1 Å². The van der Waals surface area contributed by atoms with Crippen LogP contribution >= 0.6 is 0 Å². The Balaban J connectivity index is 1.55. The Labute approximate surface area is 148 Å². The zero-order chi connectivity index (χ0) is 17.7. The molecule has 1 aromatic heterocycles. The van der Waals surface area contributed by atoms with Crippen molar-refractivity contribution in [2.45, 2.75) is 32.9 Å². The summed E-state index contributed by atoms with van der Waals surface area (Å²) in [6.45, 7) is 5.05. The molecular formula is C19H25N5O. The number of hydrogen-bond donors (Lipinski definition) is 2. The summed E-state index contributed by atoms with van der Waals surface area (Å²) in [5, 5.41) is 3.22. The maximum Gasteiger partial charge on any atom is 0.224 e. The highest BCUT2D eigenvalue weighted by Gasteiger charge is 2.36. The summed E-state index contributed by atoms with van der Waals surface area (Å²) in [6, 6.07) is 10.2. The summed E-state index contributed by atoms with van der Waals surface area (Å²) < 4.78 is 0. The molecule has 1 aliphatic rings. The van der Waals surface area contributed by atoms with Gasteiger partial charge in [0.05, 0.1) is 5.41 Å². The molecule has 0 radical (unpaired) electrons. The van der Waals surface area contributed by atoms with Gasteiger partial charge in [-0.3, -0.25) is 9.69 Å². The van der Waals surface area contributed by atoms with Crippen LogP contribution in [0.5, 0.6) is 0 Å². The van der Waals surface area contributed by atoms with Gasteiger partial charge in [-0.2, -0.15) is 0 Å². The Morgan fingerprint density at radius 3 is 2.64 bits per heavy atom. The zero-order valence-electron chi connectivity index (χ0n) is 14.6. The Kier molecular flexibility index (Phi) is 5.28. The van der Waals surface area contributed by atoms with Gasteiger partial charge in [-0.05, 0) is 31.9 Å². The number of hydrogen-bond acceptors (Lipinski definition) is 5. The van der Waals surface area contributed by atoms with Crippen LogP contribution in [0.3, 0.4) is 0 Å². The van der Waals surface area contributed by atoms with Crippen LogP contribution in [0.4, 0.5) is 5.95 Å². The summed E-state index contributed by atoms with van der Waals surface area (Å²) in [4.78, 5) is 22.7. The molecule has 0 spiro atoms. The SMILES string of the molecule is CC1(C(N)=O)CCCN(Cc2cnc(NCc3ccccc3)nc2)C1. The monoisotopic (exact) mass is 339 g/mol. The number of aromatic nitrogens is 2. The van der Waals surface area contributed by atoms with Crippen LogP contribution in [0.15, 0.2) is 42.7 Å². The van der Waals surface area contributed by atoms with Crippen molar-refractivity contribution in [2.24, 2.45) is 11.1 Å². The van der Waals surface area contributed by atoms with E-state index in [1.165, 1.54) is 5.56 Å². The predicted octanol–water partition coefficient (Wildman–Crippen LogP) is 2.18. The highest BCUT2D eigenvalue weighted by molar-refractivity contribution is 5.80. The molecule has 3 rings (SSSR count). The molecule has 6 heteroatoms. The van der Waals surface area contributed by atoms with Gasteiger partial charge in [-0.15, -0.1) is 0 Å². The van der Waals surface area contributed by atoms with Crippen LogP contribution in [0, 0.1) is 5.41 Å². The summed E-state index contributed by atoms with van der Waals surface area (Å²) in [5.74, 6) is 0.405. The van der Waals surface area contributed by atoms with E-state index in [9.17, 15) is 4.79 Å². The molecule has 0 aliphatic carbocycles. The quantitative estimate of drug-likeness (QED) is 0.843. The molecule has 1 fully saturated rings. The second-order valence-electron chi connectivity index (χ2n) is 6.99. The van der Waals surface area contributed by atoms with Gasteiger partial charge in [0.25, 0.3) is 0 Å². The van der Waals surface area contributed by atoms with Crippen molar-refractivity contribution in [3.63, 3.8) is 0 Å². The van der Waals surface area contributed by atoms with Crippen molar-refractivity contribution < 1.29 is 4.79 Å². The first-order valence-electron chi connectivity index (χ1n) is 8.66. The van der Waals surface area contributed by atoms with Crippen molar-refractivity contribution in [1.29, 1.82) is 0 Å². The average molecular weight is 339 g/mol. The number of carbonyl (C=O) groups is 1. The van der Waals surface area contributed by atoms with E-state index < -0.39 is 5.41 Å². The molecule has 2 aromatic rings. The van der Waals surface area contributed by atoms with Gasteiger partial charge in [0, 0.05) is 37.6 Å². The van der Waals surface area contributed by atoms with Gasteiger partial charge >= 0.3 is 0 Å². The first kappa shape index (κ1) is 17.4. The van der Waals surface area contributed by atoms with Crippen LogP contribution in [0.25, 0.3) is 0 Å². The van der Waals surface area contributed by atoms with E-state index in [2.05, 4.69) is 32.3 Å². The van der Waals surface area contributed by atoms with E-state index in [0.29, 0.717) is 19.0 Å². The third-order valence-corrected chi connectivity index (χ3v) is 4.78. The fourth-order valence-electron chi connectivity index (χ4n) is 3.24. The molecule has 1 aromatic carbocycles. The first-order chi connectivity index (χ1) is 12.0. The van der Waals surface area contributed by atoms with Crippen LogP contribution in [0.2, 0.25) is 0 Å². The lowest BCUT2D eigenvalue weighted by Gasteiger charge is -2.38.